The summed E-state index contributed by atoms with van der Waals surface area (Å²) in [5, 5.41) is 0. The van der Waals surface area contributed by atoms with Crippen LogP contribution in [-0.4, -0.2) is 6.61 Å². The Morgan fingerprint density at radius 3 is 2.17 bits per heavy atom. The second-order valence-electron chi connectivity index (χ2n) is 9.21. The minimum atomic E-state index is -0.803. The van der Waals surface area contributed by atoms with Crippen LogP contribution in [0.2, 0.25) is 0 Å². The summed E-state index contributed by atoms with van der Waals surface area (Å²) < 4.78 is 34.8. The van der Waals surface area contributed by atoms with E-state index in [1.165, 1.54) is 25.7 Å². The molecule has 3 heteroatoms. The molecule has 0 heterocycles. The molecular weight excluding hydrogens is 366 g/mol. The van der Waals surface area contributed by atoms with Gasteiger partial charge in [0.05, 0.1) is 6.61 Å². The summed E-state index contributed by atoms with van der Waals surface area (Å²) in [7, 11) is 0. The molecule has 0 spiro atoms. The lowest BCUT2D eigenvalue weighted by Crippen LogP contribution is -2.25. The van der Waals surface area contributed by atoms with E-state index in [1.54, 1.807) is 12.1 Å². The van der Waals surface area contributed by atoms with Crippen LogP contribution in [0, 0.1) is 29.4 Å². The average molecular weight is 405 g/mol. The maximum absolute atomic E-state index is 14.7. The lowest BCUT2D eigenvalue weighted by Gasteiger charge is -2.37. The SMILES string of the molecule is C=CC1CCC(C2CCC(c3ccc(OCCCCCC)c(F)c3F)CC2)CC1. The predicted molar refractivity (Wildman–Crippen MR) is 116 cm³/mol. The second kappa shape index (κ2) is 11.1. The Morgan fingerprint density at radius 1 is 0.897 bits per heavy atom. The molecule has 2 aliphatic carbocycles. The molecule has 0 atom stereocenters. The van der Waals surface area contributed by atoms with Crippen molar-refractivity contribution in [3.8, 4) is 5.75 Å². The van der Waals surface area contributed by atoms with Gasteiger partial charge in [0.2, 0.25) is 5.82 Å². The van der Waals surface area contributed by atoms with Crippen LogP contribution in [0.4, 0.5) is 8.78 Å². The Hall–Kier alpha value is -1.38. The van der Waals surface area contributed by atoms with E-state index in [0.29, 0.717) is 18.1 Å². The van der Waals surface area contributed by atoms with E-state index in [1.807, 2.05) is 0 Å². The number of halogens is 2. The first-order valence-corrected chi connectivity index (χ1v) is 11.9. The predicted octanol–water partition coefficient (Wildman–Crippen LogP) is 8.19. The molecule has 162 valence electrons. The van der Waals surface area contributed by atoms with E-state index < -0.39 is 11.6 Å². The van der Waals surface area contributed by atoms with Crippen molar-refractivity contribution in [1.82, 2.24) is 0 Å². The molecule has 0 aromatic heterocycles. The number of unbranched alkanes of at least 4 members (excludes halogenated alkanes) is 3. The molecule has 2 aliphatic rings. The molecule has 0 N–H and O–H groups in total. The van der Waals surface area contributed by atoms with Gasteiger partial charge in [0, 0.05) is 0 Å². The highest BCUT2D eigenvalue weighted by atomic mass is 19.2. The number of allylic oxidation sites excluding steroid dienone is 1. The zero-order valence-electron chi connectivity index (χ0n) is 18.1. The molecule has 0 saturated heterocycles. The molecule has 0 radical (unpaired) electrons. The summed E-state index contributed by atoms with van der Waals surface area (Å²) in [6, 6.07) is 3.40. The van der Waals surface area contributed by atoms with Gasteiger partial charge >= 0.3 is 0 Å². The van der Waals surface area contributed by atoms with Crippen LogP contribution in [0.15, 0.2) is 24.8 Å². The molecule has 1 nitrogen and oxygen atoms in total. The van der Waals surface area contributed by atoms with E-state index in [2.05, 4.69) is 19.6 Å². The Balaban J connectivity index is 1.51. The van der Waals surface area contributed by atoms with E-state index in [-0.39, 0.29) is 11.7 Å². The molecular formula is C26H38F2O. The van der Waals surface area contributed by atoms with E-state index in [0.717, 1.165) is 63.2 Å². The molecule has 1 aromatic carbocycles. The van der Waals surface area contributed by atoms with Gasteiger partial charge in [-0.05, 0) is 93.1 Å². The highest BCUT2D eigenvalue weighted by molar-refractivity contribution is 5.33. The maximum Gasteiger partial charge on any atom is 0.200 e. The second-order valence-corrected chi connectivity index (χ2v) is 9.21. The van der Waals surface area contributed by atoms with Crippen LogP contribution in [-0.2, 0) is 0 Å². The van der Waals surface area contributed by atoms with E-state index in [4.69, 9.17) is 4.74 Å². The van der Waals surface area contributed by atoms with Crippen molar-refractivity contribution in [2.45, 2.75) is 89.9 Å². The topological polar surface area (TPSA) is 9.23 Å². The van der Waals surface area contributed by atoms with Crippen LogP contribution < -0.4 is 4.74 Å². The molecule has 0 unspecified atom stereocenters. The van der Waals surface area contributed by atoms with Gasteiger partial charge in [-0.25, -0.2) is 4.39 Å². The molecule has 0 aliphatic heterocycles. The zero-order valence-corrected chi connectivity index (χ0v) is 18.1. The van der Waals surface area contributed by atoms with Crippen molar-refractivity contribution in [2.24, 2.45) is 17.8 Å². The van der Waals surface area contributed by atoms with Crippen LogP contribution in [0.3, 0.4) is 0 Å². The third-order valence-electron chi connectivity index (χ3n) is 7.36. The summed E-state index contributed by atoms with van der Waals surface area (Å²) in [6.45, 7) is 6.54. The largest absolute Gasteiger partial charge is 0.490 e. The molecule has 3 rings (SSSR count). The quantitative estimate of drug-likeness (QED) is 0.298. The van der Waals surface area contributed by atoms with Crippen molar-refractivity contribution in [1.29, 1.82) is 0 Å². The molecule has 2 saturated carbocycles. The highest BCUT2D eigenvalue weighted by Crippen LogP contribution is 2.45. The van der Waals surface area contributed by atoms with Crippen molar-refractivity contribution >= 4 is 0 Å². The normalized spacial score (nSPS) is 27.6. The Morgan fingerprint density at radius 2 is 1.55 bits per heavy atom. The van der Waals surface area contributed by atoms with Gasteiger partial charge in [-0.15, -0.1) is 6.58 Å². The summed E-state index contributed by atoms with van der Waals surface area (Å²) in [4.78, 5) is 0. The van der Waals surface area contributed by atoms with E-state index >= 15 is 0 Å². The summed E-state index contributed by atoms with van der Waals surface area (Å²) in [6.07, 6.45) is 15.7. The monoisotopic (exact) mass is 404 g/mol. The van der Waals surface area contributed by atoms with Gasteiger partial charge in [0.25, 0.3) is 0 Å². The average Bonchev–Trinajstić information content (AvgIpc) is 2.77. The Labute approximate surface area is 175 Å². The smallest absolute Gasteiger partial charge is 0.200 e. The molecule has 1 aromatic rings. The third-order valence-corrected chi connectivity index (χ3v) is 7.36. The highest BCUT2D eigenvalue weighted by Gasteiger charge is 2.32. The van der Waals surface area contributed by atoms with Gasteiger partial charge in [-0.3, -0.25) is 0 Å². The van der Waals surface area contributed by atoms with Gasteiger partial charge < -0.3 is 4.74 Å². The number of rotatable bonds is 9. The zero-order chi connectivity index (χ0) is 20.6. The summed E-state index contributed by atoms with van der Waals surface area (Å²) >= 11 is 0. The van der Waals surface area contributed by atoms with Crippen molar-refractivity contribution in [3.05, 3.63) is 42.0 Å². The fourth-order valence-corrected chi connectivity index (χ4v) is 5.44. The van der Waals surface area contributed by atoms with Gasteiger partial charge in [-0.1, -0.05) is 38.3 Å². The van der Waals surface area contributed by atoms with E-state index in [9.17, 15) is 8.78 Å². The number of hydrogen-bond donors (Lipinski definition) is 0. The maximum atomic E-state index is 14.7. The lowest BCUT2D eigenvalue weighted by atomic mass is 9.68. The summed E-state index contributed by atoms with van der Waals surface area (Å²) in [5.41, 5.74) is 0.551. The first-order chi connectivity index (χ1) is 14.1. The van der Waals surface area contributed by atoms with Gasteiger partial charge in [-0.2, -0.15) is 4.39 Å². The molecule has 29 heavy (non-hydrogen) atoms. The van der Waals surface area contributed by atoms with Crippen molar-refractivity contribution in [2.75, 3.05) is 6.61 Å². The number of ether oxygens (including phenoxy) is 1. The number of hydrogen-bond acceptors (Lipinski definition) is 1. The minimum Gasteiger partial charge on any atom is -0.490 e. The van der Waals surface area contributed by atoms with Crippen LogP contribution >= 0.6 is 0 Å². The standard InChI is InChI=1S/C26H38F2O/c1-3-5-6-7-18-29-24-17-16-23(25(27)26(24)28)22-14-12-21(13-15-22)20-10-8-19(4-2)9-11-20/h4,16-17,19-22H,2-3,5-15,18H2,1H3. The van der Waals surface area contributed by atoms with Crippen LogP contribution in [0.25, 0.3) is 0 Å². The Bertz CT molecular complexity index is 640. The van der Waals surface area contributed by atoms with Gasteiger partial charge in [0.1, 0.15) is 0 Å². The first-order valence-electron chi connectivity index (χ1n) is 11.9. The number of benzene rings is 1. The fraction of sp³-hybridized carbons (Fsp3) is 0.692. The van der Waals surface area contributed by atoms with Crippen molar-refractivity contribution in [3.63, 3.8) is 0 Å². The Kier molecular flexibility index (Phi) is 8.56. The van der Waals surface area contributed by atoms with Crippen LogP contribution in [0.5, 0.6) is 5.75 Å². The summed E-state index contributed by atoms with van der Waals surface area (Å²) in [5.74, 6) is 0.994. The lowest BCUT2D eigenvalue weighted by molar-refractivity contribution is 0.170. The van der Waals surface area contributed by atoms with Gasteiger partial charge in [0.15, 0.2) is 11.6 Å². The van der Waals surface area contributed by atoms with Crippen LogP contribution in [0.1, 0.15) is 95.5 Å². The molecule has 2 fully saturated rings. The minimum absolute atomic E-state index is 0.0652. The van der Waals surface area contributed by atoms with Crippen molar-refractivity contribution < 1.29 is 13.5 Å². The molecule has 0 bridgehead atoms. The molecule has 0 amide bonds. The first kappa shape index (κ1) is 22.3. The fourth-order valence-electron chi connectivity index (χ4n) is 5.44. The third kappa shape index (κ3) is 5.83.